The van der Waals surface area contributed by atoms with Gasteiger partial charge in [0, 0.05) is 6.04 Å². The van der Waals surface area contributed by atoms with Gasteiger partial charge in [-0.2, -0.15) is 0 Å². The van der Waals surface area contributed by atoms with Crippen molar-refractivity contribution in [1.82, 2.24) is 20.2 Å². The van der Waals surface area contributed by atoms with Crippen molar-refractivity contribution in [1.29, 1.82) is 0 Å². The van der Waals surface area contributed by atoms with Gasteiger partial charge in [0.05, 0.1) is 11.0 Å². The van der Waals surface area contributed by atoms with E-state index in [1.807, 2.05) is 24.3 Å². The van der Waals surface area contributed by atoms with E-state index in [0.717, 1.165) is 31.2 Å². The number of hydrogen-bond donors (Lipinski definition) is 3. The molecule has 128 valence electrons. The number of imide groups is 1. The van der Waals surface area contributed by atoms with Gasteiger partial charge >= 0.3 is 6.03 Å². The zero-order chi connectivity index (χ0) is 16.9. The number of rotatable bonds is 4. The van der Waals surface area contributed by atoms with E-state index in [2.05, 4.69) is 15.6 Å². The minimum atomic E-state index is -0.457. The van der Waals surface area contributed by atoms with Crippen molar-refractivity contribution < 1.29 is 14.7 Å². The SMILES string of the molecule is O=C(Cn1c(CO)nc2ccccc21)NC(=O)NC1CCCCC1. The third-order valence-corrected chi connectivity index (χ3v) is 4.37. The second-order valence-electron chi connectivity index (χ2n) is 6.12. The largest absolute Gasteiger partial charge is 0.388 e. The molecule has 7 nitrogen and oxygen atoms in total. The number of imidazole rings is 1. The Bertz CT molecular complexity index is 735. The number of aliphatic hydroxyl groups excluding tert-OH is 1. The normalized spacial score (nSPS) is 15.4. The van der Waals surface area contributed by atoms with Crippen LogP contribution in [-0.2, 0) is 17.9 Å². The average Bonchev–Trinajstić information content (AvgIpc) is 2.93. The lowest BCUT2D eigenvalue weighted by Gasteiger charge is -2.22. The van der Waals surface area contributed by atoms with E-state index >= 15 is 0 Å². The molecule has 0 atom stereocenters. The number of carbonyl (C=O) groups is 2. The Balaban J connectivity index is 1.63. The molecule has 3 rings (SSSR count). The highest BCUT2D eigenvalue weighted by Crippen LogP contribution is 2.17. The van der Waals surface area contributed by atoms with Crippen LogP contribution in [0, 0.1) is 0 Å². The van der Waals surface area contributed by atoms with Crippen LogP contribution in [0.2, 0.25) is 0 Å². The van der Waals surface area contributed by atoms with Crippen LogP contribution in [0.5, 0.6) is 0 Å². The molecule has 1 aromatic carbocycles. The molecule has 1 heterocycles. The fourth-order valence-electron chi connectivity index (χ4n) is 3.20. The van der Waals surface area contributed by atoms with E-state index < -0.39 is 11.9 Å². The summed E-state index contributed by atoms with van der Waals surface area (Å²) < 4.78 is 1.62. The lowest BCUT2D eigenvalue weighted by atomic mass is 9.96. The fraction of sp³-hybridized carbons (Fsp3) is 0.471. The number of para-hydroxylation sites is 2. The molecule has 0 bridgehead atoms. The monoisotopic (exact) mass is 330 g/mol. The van der Waals surface area contributed by atoms with Crippen molar-refractivity contribution in [2.45, 2.75) is 51.3 Å². The maximum atomic E-state index is 12.2. The molecule has 7 heteroatoms. The van der Waals surface area contributed by atoms with E-state index in [-0.39, 0.29) is 19.2 Å². The smallest absolute Gasteiger partial charge is 0.321 e. The number of nitrogens with zero attached hydrogens (tertiary/aromatic N) is 2. The number of amides is 3. The zero-order valence-corrected chi connectivity index (χ0v) is 13.5. The summed E-state index contributed by atoms with van der Waals surface area (Å²) in [5.41, 5.74) is 1.46. The Hall–Kier alpha value is -2.41. The van der Waals surface area contributed by atoms with Gasteiger partial charge < -0.3 is 15.0 Å². The molecule has 0 radical (unpaired) electrons. The summed E-state index contributed by atoms with van der Waals surface area (Å²) in [4.78, 5) is 28.4. The molecule has 1 aliphatic carbocycles. The zero-order valence-electron chi connectivity index (χ0n) is 13.5. The summed E-state index contributed by atoms with van der Waals surface area (Å²) >= 11 is 0. The van der Waals surface area contributed by atoms with Crippen molar-refractivity contribution in [2.24, 2.45) is 0 Å². The number of fused-ring (bicyclic) bond motifs is 1. The molecule has 3 N–H and O–H groups in total. The number of carbonyl (C=O) groups excluding carboxylic acids is 2. The molecule has 0 aliphatic heterocycles. The first-order valence-electron chi connectivity index (χ1n) is 8.32. The van der Waals surface area contributed by atoms with Crippen molar-refractivity contribution in [3.63, 3.8) is 0 Å². The van der Waals surface area contributed by atoms with Crippen LogP contribution in [0.4, 0.5) is 4.79 Å². The maximum Gasteiger partial charge on any atom is 0.321 e. The number of urea groups is 1. The van der Waals surface area contributed by atoms with Crippen LogP contribution in [0.25, 0.3) is 11.0 Å². The number of nitrogens with one attached hydrogen (secondary N) is 2. The maximum absolute atomic E-state index is 12.2. The molecular formula is C17H22N4O3. The summed E-state index contributed by atoms with van der Waals surface area (Å²) in [6.45, 7) is -0.329. The van der Waals surface area contributed by atoms with Crippen LogP contribution in [0.3, 0.4) is 0 Å². The van der Waals surface area contributed by atoms with Gasteiger partial charge in [-0.1, -0.05) is 31.4 Å². The summed E-state index contributed by atoms with van der Waals surface area (Å²) in [5, 5.41) is 14.6. The van der Waals surface area contributed by atoms with Crippen LogP contribution in [0.1, 0.15) is 37.9 Å². The third-order valence-electron chi connectivity index (χ3n) is 4.37. The quantitative estimate of drug-likeness (QED) is 0.795. The van der Waals surface area contributed by atoms with Gasteiger partial charge in [0.25, 0.3) is 0 Å². The summed E-state index contributed by atoms with van der Waals surface area (Å²) in [5.74, 6) is -0.0276. The number of benzene rings is 1. The Morgan fingerprint density at radius 3 is 2.71 bits per heavy atom. The van der Waals surface area contributed by atoms with Crippen LogP contribution in [0.15, 0.2) is 24.3 Å². The molecule has 1 aromatic heterocycles. The molecule has 1 fully saturated rings. The van der Waals surface area contributed by atoms with Gasteiger partial charge in [-0.15, -0.1) is 0 Å². The Morgan fingerprint density at radius 2 is 1.96 bits per heavy atom. The van der Waals surface area contributed by atoms with Crippen LogP contribution in [-0.4, -0.2) is 32.6 Å². The summed E-state index contributed by atoms with van der Waals surface area (Å²) in [6, 6.07) is 7.03. The summed E-state index contributed by atoms with van der Waals surface area (Å²) in [6.07, 6.45) is 5.35. The summed E-state index contributed by atoms with van der Waals surface area (Å²) in [7, 11) is 0. The lowest BCUT2D eigenvalue weighted by Crippen LogP contribution is -2.46. The van der Waals surface area contributed by atoms with Crippen LogP contribution >= 0.6 is 0 Å². The number of hydrogen-bond acceptors (Lipinski definition) is 4. The van der Waals surface area contributed by atoms with Gasteiger partial charge in [-0.05, 0) is 25.0 Å². The van der Waals surface area contributed by atoms with E-state index in [9.17, 15) is 14.7 Å². The molecule has 3 amide bonds. The molecule has 0 unspecified atom stereocenters. The van der Waals surface area contributed by atoms with Gasteiger partial charge in [0.15, 0.2) is 0 Å². The topological polar surface area (TPSA) is 96.2 Å². The molecule has 1 saturated carbocycles. The molecule has 1 aliphatic rings. The molecule has 24 heavy (non-hydrogen) atoms. The van der Waals surface area contributed by atoms with Crippen molar-refractivity contribution in [3.05, 3.63) is 30.1 Å². The van der Waals surface area contributed by atoms with E-state index in [0.29, 0.717) is 11.3 Å². The minimum absolute atomic E-state index is 0.0610. The molecule has 2 aromatic rings. The van der Waals surface area contributed by atoms with E-state index in [1.54, 1.807) is 4.57 Å². The van der Waals surface area contributed by atoms with Gasteiger partial charge in [-0.3, -0.25) is 10.1 Å². The Kier molecular flexibility index (Phi) is 5.10. The lowest BCUT2D eigenvalue weighted by molar-refractivity contribution is -0.120. The molecule has 0 saturated heterocycles. The highest BCUT2D eigenvalue weighted by Gasteiger charge is 2.18. The third kappa shape index (κ3) is 3.73. The first-order chi connectivity index (χ1) is 11.7. The van der Waals surface area contributed by atoms with Gasteiger partial charge in [0.2, 0.25) is 5.91 Å². The van der Waals surface area contributed by atoms with Crippen molar-refractivity contribution in [3.8, 4) is 0 Å². The fourth-order valence-corrected chi connectivity index (χ4v) is 3.20. The van der Waals surface area contributed by atoms with E-state index in [1.165, 1.54) is 6.42 Å². The first kappa shape index (κ1) is 16.4. The minimum Gasteiger partial charge on any atom is -0.388 e. The Labute approximate surface area is 140 Å². The molecule has 0 spiro atoms. The van der Waals surface area contributed by atoms with Gasteiger partial charge in [-0.25, -0.2) is 9.78 Å². The number of aromatic nitrogens is 2. The number of aliphatic hydroxyl groups is 1. The van der Waals surface area contributed by atoms with Crippen molar-refractivity contribution >= 4 is 23.0 Å². The second kappa shape index (κ2) is 7.44. The van der Waals surface area contributed by atoms with Crippen LogP contribution < -0.4 is 10.6 Å². The highest BCUT2D eigenvalue weighted by atomic mass is 16.3. The van der Waals surface area contributed by atoms with Crippen molar-refractivity contribution in [2.75, 3.05) is 0 Å². The van der Waals surface area contributed by atoms with E-state index in [4.69, 9.17) is 0 Å². The second-order valence-corrected chi connectivity index (χ2v) is 6.12. The highest BCUT2D eigenvalue weighted by molar-refractivity contribution is 5.94. The first-order valence-corrected chi connectivity index (χ1v) is 8.32. The average molecular weight is 330 g/mol. The Morgan fingerprint density at radius 1 is 1.21 bits per heavy atom. The molecular weight excluding hydrogens is 308 g/mol. The predicted molar refractivity (Wildman–Crippen MR) is 89.2 cm³/mol. The van der Waals surface area contributed by atoms with Gasteiger partial charge in [0.1, 0.15) is 19.0 Å². The standard InChI is InChI=1S/C17H22N4O3/c22-11-15-19-13-8-4-5-9-14(13)21(15)10-16(23)20-17(24)18-12-6-2-1-3-7-12/h4-5,8-9,12,22H,1-3,6-7,10-11H2,(H2,18,20,23,24). The predicted octanol–water partition coefficient (Wildman–Crippen LogP) is 1.69.